The van der Waals surface area contributed by atoms with E-state index in [-0.39, 0.29) is 17.9 Å². The van der Waals surface area contributed by atoms with Gasteiger partial charge in [0.2, 0.25) is 0 Å². The van der Waals surface area contributed by atoms with Gasteiger partial charge in [0.05, 0.1) is 17.7 Å². The molecule has 0 bridgehead atoms. The highest BCUT2D eigenvalue weighted by atomic mass is 79.9. The van der Waals surface area contributed by atoms with Crippen LogP contribution in [-0.2, 0) is 0 Å². The lowest BCUT2D eigenvalue weighted by Gasteiger charge is -2.21. The fourth-order valence-corrected chi connectivity index (χ4v) is 4.48. The minimum absolute atomic E-state index is 0.0721. The van der Waals surface area contributed by atoms with Crippen LogP contribution in [0.2, 0.25) is 0 Å². The Kier molecular flexibility index (Phi) is 5.92. The maximum atomic E-state index is 13.1. The van der Waals surface area contributed by atoms with Crippen LogP contribution in [0.3, 0.4) is 0 Å². The summed E-state index contributed by atoms with van der Waals surface area (Å²) in [4.78, 5) is 18.8. The Balaban J connectivity index is 1.66. The minimum Gasteiger partial charge on any atom is -0.464 e. The number of halogens is 1. The van der Waals surface area contributed by atoms with Crippen LogP contribution in [0, 0.1) is 12.8 Å². The lowest BCUT2D eigenvalue weighted by atomic mass is 10.0. The summed E-state index contributed by atoms with van der Waals surface area (Å²) in [6.45, 7) is 6.21. The van der Waals surface area contributed by atoms with Crippen LogP contribution < -0.4 is 10.6 Å². The number of aryl methyl sites for hydroxylation is 1. The predicted molar refractivity (Wildman–Crippen MR) is 126 cm³/mol. The molecule has 0 fully saturated rings. The summed E-state index contributed by atoms with van der Waals surface area (Å²) in [5.74, 6) is 0.615. The van der Waals surface area contributed by atoms with Gasteiger partial charge in [0.25, 0.3) is 5.91 Å². The van der Waals surface area contributed by atoms with E-state index < -0.39 is 0 Å². The van der Waals surface area contributed by atoms with E-state index in [0.29, 0.717) is 17.1 Å². The van der Waals surface area contributed by atoms with Crippen LogP contribution in [-0.4, -0.2) is 10.9 Å². The van der Waals surface area contributed by atoms with Crippen LogP contribution >= 0.6 is 27.3 Å². The Bertz CT molecular complexity index is 1180. The molecule has 1 atom stereocenters. The van der Waals surface area contributed by atoms with E-state index in [1.54, 1.807) is 23.7 Å². The lowest BCUT2D eigenvalue weighted by molar-refractivity contribution is 0.0921. The highest BCUT2D eigenvalue weighted by molar-refractivity contribution is 9.10. The van der Waals surface area contributed by atoms with Crippen LogP contribution in [0.4, 0.5) is 11.5 Å². The third-order valence-corrected chi connectivity index (χ3v) is 6.75. The zero-order valence-electron chi connectivity index (χ0n) is 16.9. The van der Waals surface area contributed by atoms with Crippen LogP contribution in [0.25, 0.3) is 11.0 Å². The minimum atomic E-state index is -0.226. The molecule has 0 aliphatic rings. The Labute approximate surface area is 187 Å². The molecule has 2 N–H and O–H groups in total. The van der Waals surface area contributed by atoms with E-state index >= 15 is 0 Å². The van der Waals surface area contributed by atoms with Gasteiger partial charge in [-0.25, -0.2) is 4.98 Å². The fourth-order valence-electron chi connectivity index (χ4n) is 3.29. The van der Waals surface area contributed by atoms with E-state index in [1.807, 2.05) is 48.7 Å². The average molecular weight is 484 g/mol. The maximum Gasteiger partial charge on any atom is 0.270 e. The van der Waals surface area contributed by atoms with Gasteiger partial charge in [0, 0.05) is 21.1 Å². The molecular formula is C23H22BrN3O2S. The molecule has 0 saturated heterocycles. The average Bonchev–Trinajstić information content (AvgIpc) is 3.40. The summed E-state index contributed by atoms with van der Waals surface area (Å²) in [6.07, 6.45) is 1.61. The molecule has 0 saturated carbocycles. The number of fused-ring (bicyclic) bond motifs is 1. The van der Waals surface area contributed by atoms with E-state index in [4.69, 9.17) is 4.42 Å². The normalized spacial score (nSPS) is 12.3. The van der Waals surface area contributed by atoms with E-state index in [1.165, 1.54) is 0 Å². The number of pyridine rings is 1. The monoisotopic (exact) mass is 483 g/mol. The third-order valence-electron chi connectivity index (χ3n) is 4.91. The van der Waals surface area contributed by atoms with Crippen molar-refractivity contribution in [3.05, 3.63) is 74.7 Å². The number of aromatic nitrogens is 1. The quantitative estimate of drug-likeness (QED) is 0.315. The highest BCUT2D eigenvalue weighted by Gasteiger charge is 2.22. The first-order valence-corrected chi connectivity index (χ1v) is 11.4. The summed E-state index contributed by atoms with van der Waals surface area (Å²) in [5.41, 5.74) is 2.93. The second-order valence-corrected chi connectivity index (χ2v) is 9.32. The number of hydrogen-bond acceptors (Lipinski definition) is 5. The van der Waals surface area contributed by atoms with Gasteiger partial charge in [-0.1, -0.05) is 35.8 Å². The van der Waals surface area contributed by atoms with Gasteiger partial charge in [-0.15, -0.1) is 11.3 Å². The molecule has 0 radical (unpaired) electrons. The van der Waals surface area contributed by atoms with Crippen molar-refractivity contribution in [3.63, 3.8) is 0 Å². The van der Waals surface area contributed by atoms with Crippen LogP contribution in [0.15, 0.2) is 63.0 Å². The molecule has 30 heavy (non-hydrogen) atoms. The van der Waals surface area contributed by atoms with Crippen molar-refractivity contribution in [1.29, 1.82) is 0 Å². The maximum absolute atomic E-state index is 13.1. The van der Waals surface area contributed by atoms with Crippen LogP contribution in [0.1, 0.15) is 40.8 Å². The number of nitrogens with one attached hydrogen (secondary N) is 2. The molecule has 3 aromatic heterocycles. The van der Waals surface area contributed by atoms with Gasteiger partial charge in [-0.2, -0.15) is 0 Å². The molecule has 3 heterocycles. The first kappa shape index (κ1) is 20.6. The second kappa shape index (κ2) is 8.62. The van der Waals surface area contributed by atoms with Crippen molar-refractivity contribution in [2.75, 3.05) is 5.32 Å². The first-order valence-electron chi connectivity index (χ1n) is 9.68. The SMILES string of the molecule is Cc1cc(Nc2nc(C(=O)N[C@H](c3cccs3)C(C)C)cc3occc23)ccc1Br. The molecule has 4 rings (SSSR count). The molecule has 0 spiro atoms. The number of rotatable bonds is 6. The summed E-state index contributed by atoms with van der Waals surface area (Å²) < 4.78 is 6.63. The Morgan fingerprint density at radius 1 is 1.20 bits per heavy atom. The summed E-state index contributed by atoms with van der Waals surface area (Å²) >= 11 is 5.16. The molecule has 4 aromatic rings. The number of nitrogens with zero attached hydrogens (tertiary/aromatic N) is 1. The van der Waals surface area contributed by atoms with Crippen molar-refractivity contribution >= 4 is 55.6 Å². The zero-order chi connectivity index (χ0) is 21.3. The second-order valence-electron chi connectivity index (χ2n) is 7.49. The number of furan rings is 1. The smallest absolute Gasteiger partial charge is 0.270 e. The molecule has 1 aromatic carbocycles. The zero-order valence-corrected chi connectivity index (χ0v) is 19.3. The fraction of sp³-hybridized carbons (Fsp3) is 0.217. The molecule has 1 amide bonds. The van der Waals surface area contributed by atoms with Gasteiger partial charge < -0.3 is 15.1 Å². The van der Waals surface area contributed by atoms with Crippen LogP contribution in [0.5, 0.6) is 0 Å². The van der Waals surface area contributed by atoms with Crippen molar-refractivity contribution < 1.29 is 9.21 Å². The molecule has 154 valence electrons. The molecular weight excluding hydrogens is 462 g/mol. The Morgan fingerprint density at radius 3 is 2.73 bits per heavy atom. The predicted octanol–water partition coefficient (Wildman–Crippen LogP) is 6.83. The number of hydrogen-bond donors (Lipinski definition) is 2. The van der Waals surface area contributed by atoms with Gasteiger partial charge in [0.1, 0.15) is 17.1 Å². The Morgan fingerprint density at radius 2 is 2.03 bits per heavy atom. The summed E-state index contributed by atoms with van der Waals surface area (Å²) in [5, 5.41) is 9.31. The first-order chi connectivity index (χ1) is 14.4. The van der Waals surface area contributed by atoms with E-state index in [9.17, 15) is 4.79 Å². The van der Waals surface area contributed by atoms with Gasteiger partial charge >= 0.3 is 0 Å². The van der Waals surface area contributed by atoms with E-state index in [0.717, 1.165) is 26.0 Å². The summed E-state index contributed by atoms with van der Waals surface area (Å²) in [7, 11) is 0. The van der Waals surface area contributed by atoms with Gasteiger partial charge in [0.15, 0.2) is 0 Å². The molecule has 0 aliphatic carbocycles. The molecule has 0 aliphatic heterocycles. The third kappa shape index (κ3) is 4.27. The van der Waals surface area contributed by atoms with Gasteiger partial charge in [-0.3, -0.25) is 4.79 Å². The molecule has 0 unspecified atom stereocenters. The largest absolute Gasteiger partial charge is 0.464 e. The number of anilines is 2. The van der Waals surface area contributed by atoms with Crippen molar-refractivity contribution in [2.24, 2.45) is 5.92 Å². The number of thiophene rings is 1. The Hall–Kier alpha value is -2.64. The number of carbonyl (C=O) groups excluding carboxylic acids is 1. The lowest BCUT2D eigenvalue weighted by Crippen LogP contribution is -2.31. The number of amides is 1. The number of carbonyl (C=O) groups is 1. The summed E-state index contributed by atoms with van der Waals surface area (Å²) in [6, 6.07) is 13.5. The standard InChI is InChI=1S/C23H22BrN3O2S/c1-13(2)21(20-5-4-10-30-20)27-23(28)18-12-19-16(8-9-29-19)22(26-18)25-15-6-7-17(24)14(3)11-15/h4-13,21H,1-3H3,(H,25,26)(H,27,28)/t21-/m0/s1. The molecule has 7 heteroatoms. The van der Waals surface area contributed by atoms with Crippen molar-refractivity contribution in [3.8, 4) is 0 Å². The number of benzene rings is 1. The van der Waals surface area contributed by atoms with E-state index in [2.05, 4.69) is 45.4 Å². The van der Waals surface area contributed by atoms with Gasteiger partial charge in [-0.05, 0) is 54.1 Å². The highest BCUT2D eigenvalue weighted by Crippen LogP contribution is 2.30. The van der Waals surface area contributed by atoms with Crippen molar-refractivity contribution in [2.45, 2.75) is 26.8 Å². The molecule has 5 nitrogen and oxygen atoms in total. The topological polar surface area (TPSA) is 67.2 Å². The van der Waals surface area contributed by atoms with Crippen molar-refractivity contribution in [1.82, 2.24) is 10.3 Å².